The summed E-state index contributed by atoms with van der Waals surface area (Å²) in [4.78, 5) is 0. The molecule has 0 bridgehead atoms. The van der Waals surface area contributed by atoms with Crippen molar-refractivity contribution in [3.63, 3.8) is 0 Å². The third kappa shape index (κ3) is 3.44. The number of rotatable bonds is 3. The van der Waals surface area contributed by atoms with Gasteiger partial charge < -0.3 is 5.73 Å². The summed E-state index contributed by atoms with van der Waals surface area (Å²) in [6.45, 7) is 2.03. The molecule has 0 radical (unpaired) electrons. The number of hydrogen-bond donors (Lipinski definition) is 1. The van der Waals surface area contributed by atoms with Crippen LogP contribution in [0.3, 0.4) is 0 Å². The fraction of sp³-hybridized carbons (Fsp3) is 0.200. The van der Waals surface area contributed by atoms with Crippen LogP contribution in [0, 0.1) is 12.7 Å². The summed E-state index contributed by atoms with van der Waals surface area (Å²) in [5, 5.41) is 0. The average molecular weight is 387 g/mol. The van der Waals surface area contributed by atoms with E-state index in [-0.39, 0.29) is 11.9 Å². The Labute approximate surface area is 129 Å². The molecule has 2 aromatic carbocycles. The zero-order valence-corrected chi connectivity index (χ0v) is 13.6. The molecule has 0 fully saturated rings. The minimum Gasteiger partial charge on any atom is -0.324 e. The number of benzene rings is 2. The van der Waals surface area contributed by atoms with Crippen LogP contribution in [0.4, 0.5) is 4.39 Å². The van der Waals surface area contributed by atoms with E-state index in [1.54, 1.807) is 6.07 Å². The second-order valence-corrected chi connectivity index (χ2v) is 6.17. The van der Waals surface area contributed by atoms with Crippen molar-refractivity contribution in [2.75, 3.05) is 0 Å². The van der Waals surface area contributed by atoms with E-state index in [0.29, 0.717) is 6.42 Å². The van der Waals surface area contributed by atoms with Crippen LogP contribution in [0.25, 0.3) is 0 Å². The van der Waals surface area contributed by atoms with Crippen molar-refractivity contribution in [2.45, 2.75) is 19.4 Å². The van der Waals surface area contributed by atoms with Gasteiger partial charge in [0.1, 0.15) is 5.82 Å². The summed E-state index contributed by atoms with van der Waals surface area (Å²) in [5.41, 5.74) is 9.30. The largest absolute Gasteiger partial charge is 0.324 e. The second kappa shape index (κ2) is 6.16. The number of aryl methyl sites for hydroxylation is 1. The lowest BCUT2D eigenvalue weighted by Gasteiger charge is -2.16. The molecule has 0 saturated carbocycles. The lowest BCUT2D eigenvalue weighted by molar-refractivity contribution is 0.621. The van der Waals surface area contributed by atoms with Gasteiger partial charge in [-0.3, -0.25) is 0 Å². The smallest absolute Gasteiger partial charge is 0.123 e. The van der Waals surface area contributed by atoms with E-state index in [2.05, 4.69) is 31.9 Å². The molecule has 2 aromatic rings. The first kappa shape index (κ1) is 14.7. The minimum atomic E-state index is -0.242. The predicted molar refractivity (Wildman–Crippen MR) is 83.6 cm³/mol. The molecule has 0 heterocycles. The quantitative estimate of drug-likeness (QED) is 0.797. The normalized spacial score (nSPS) is 12.5. The molecular formula is C15H14Br2FN. The molecule has 4 heteroatoms. The van der Waals surface area contributed by atoms with Gasteiger partial charge >= 0.3 is 0 Å². The van der Waals surface area contributed by atoms with Crippen LogP contribution in [0.2, 0.25) is 0 Å². The molecule has 0 saturated heterocycles. The highest BCUT2D eigenvalue weighted by Crippen LogP contribution is 2.29. The van der Waals surface area contributed by atoms with Crippen molar-refractivity contribution in [2.24, 2.45) is 5.73 Å². The first-order chi connectivity index (χ1) is 8.99. The molecule has 0 spiro atoms. The summed E-state index contributed by atoms with van der Waals surface area (Å²) in [6, 6.07) is 10.5. The predicted octanol–water partition coefficient (Wildman–Crippen LogP) is 4.90. The molecule has 1 unspecified atom stereocenters. The Hall–Kier alpha value is -0.710. The summed E-state index contributed by atoms with van der Waals surface area (Å²) in [7, 11) is 0. The molecule has 0 aromatic heterocycles. The summed E-state index contributed by atoms with van der Waals surface area (Å²) in [5.74, 6) is -0.242. The lowest BCUT2D eigenvalue weighted by atomic mass is 9.98. The van der Waals surface area contributed by atoms with Gasteiger partial charge in [0.15, 0.2) is 0 Å². The van der Waals surface area contributed by atoms with Crippen LogP contribution in [0.5, 0.6) is 0 Å². The molecule has 19 heavy (non-hydrogen) atoms. The van der Waals surface area contributed by atoms with Crippen LogP contribution in [-0.2, 0) is 6.42 Å². The molecule has 0 amide bonds. The first-order valence-electron chi connectivity index (χ1n) is 5.93. The Morgan fingerprint density at radius 3 is 2.68 bits per heavy atom. The Morgan fingerprint density at radius 1 is 1.21 bits per heavy atom. The lowest BCUT2D eigenvalue weighted by Crippen LogP contribution is -2.14. The van der Waals surface area contributed by atoms with Crippen LogP contribution < -0.4 is 5.73 Å². The van der Waals surface area contributed by atoms with E-state index in [9.17, 15) is 4.39 Å². The highest BCUT2D eigenvalue weighted by atomic mass is 79.9. The molecule has 2 rings (SSSR count). The molecule has 100 valence electrons. The third-order valence-electron chi connectivity index (χ3n) is 3.07. The zero-order chi connectivity index (χ0) is 14.0. The van der Waals surface area contributed by atoms with Crippen molar-refractivity contribution < 1.29 is 4.39 Å². The van der Waals surface area contributed by atoms with Gasteiger partial charge in [-0.25, -0.2) is 4.39 Å². The molecule has 1 nitrogen and oxygen atoms in total. The monoisotopic (exact) mass is 385 g/mol. The Balaban J connectivity index is 2.28. The Morgan fingerprint density at radius 2 is 1.95 bits per heavy atom. The Kier molecular flexibility index (Phi) is 4.76. The van der Waals surface area contributed by atoms with E-state index in [1.807, 2.05) is 25.1 Å². The van der Waals surface area contributed by atoms with Gasteiger partial charge in [0.05, 0.1) is 0 Å². The van der Waals surface area contributed by atoms with Crippen LogP contribution in [0.15, 0.2) is 45.3 Å². The van der Waals surface area contributed by atoms with Gasteiger partial charge in [-0.2, -0.15) is 0 Å². The molecule has 0 aliphatic rings. The maximum Gasteiger partial charge on any atom is 0.123 e. The average Bonchev–Trinajstić information content (AvgIpc) is 2.37. The molecule has 2 N–H and O–H groups in total. The molecule has 0 aliphatic carbocycles. The van der Waals surface area contributed by atoms with Gasteiger partial charge in [0.2, 0.25) is 0 Å². The SMILES string of the molecule is Cc1cccc(C(N)Cc2cc(F)ccc2Br)c1Br. The Bertz CT molecular complexity index is 599. The second-order valence-electron chi connectivity index (χ2n) is 4.52. The topological polar surface area (TPSA) is 26.0 Å². The van der Waals surface area contributed by atoms with E-state index in [0.717, 1.165) is 25.6 Å². The zero-order valence-electron chi connectivity index (χ0n) is 10.5. The first-order valence-corrected chi connectivity index (χ1v) is 7.52. The maximum absolute atomic E-state index is 13.3. The van der Waals surface area contributed by atoms with Crippen LogP contribution in [-0.4, -0.2) is 0 Å². The van der Waals surface area contributed by atoms with Gasteiger partial charge in [-0.05, 0) is 48.2 Å². The van der Waals surface area contributed by atoms with Crippen molar-refractivity contribution >= 4 is 31.9 Å². The molecular weight excluding hydrogens is 373 g/mol. The maximum atomic E-state index is 13.3. The molecule has 0 aliphatic heterocycles. The summed E-state index contributed by atoms with van der Waals surface area (Å²) < 4.78 is 15.2. The van der Waals surface area contributed by atoms with E-state index >= 15 is 0 Å². The standard InChI is InChI=1S/C15H14Br2FN/c1-9-3-2-4-12(15(9)17)14(19)8-10-7-11(18)5-6-13(10)16/h2-7,14H,8,19H2,1H3. The van der Waals surface area contributed by atoms with Crippen molar-refractivity contribution in [1.29, 1.82) is 0 Å². The van der Waals surface area contributed by atoms with Crippen molar-refractivity contribution in [3.8, 4) is 0 Å². The van der Waals surface area contributed by atoms with E-state index in [4.69, 9.17) is 5.73 Å². The van der Waals surface area contributed by atoms with E-state index < -0.39 is 0 Å². The summed E-state index contributed by atoms with van der Waals surface area (Å²) in [6.07, 6.45) is 0.584. The van der Waals surface area contributed by atoms with Crippen LogP contribution >= 0.6 is 31.9 Å². The molecule has 1 atom stereocenters. The van der Waals surface area contributed by atoms with Gasteiger partial charge in [-0.15, -0.1) is 0 Å². The van der Waals surface area contributed by atoms with Gasteiger partial charge in [0, 0.05) is 15.0 Å². The number of hydrogen-bond acceptors (Lipinski definition) is 1. The van der Waals surface area contributed by atoms with Gasteiger partial charge in [0.25, 0.3) is 0 Å². The van der Waals surface area contributed by atoms with Gasteiger partial charge in [-0.1, -0.05) is 50.1 Å². The number of nitrogens with two attached hydrogens (primary N) is 1. The van der Waals surface area contributed by atoms with Crippen molar-refractivity contribution in [3.05, 3.63) is 67.9 Å². The summed E-state index contributed by atoms with van der Waals surface area (Å²) >= 11 is 6.99. The highest BCUT2D eigenvalue weighted by molar-refractivity contribution is 9.10. The number of halogens is 3. The van der Waals surface area contributed by atoms with Crippen molar-refractivity contribution in [1.82, 2.24) is 0 Å². The third-order valence-corrected chi connectivity index (χ3v) is 4.93. The minimum absolute atomic E-state index is 0.174. The fourth-order valence-electron chi connectivity index (χ4n) is 2.00. The fourth-order valence-corrected chi connectivity index (χ4v) is 2.97. The van der Waals surface area contributed by atoms with Crippen LogP contribution in [0.1, 0.15) is 22.7 Å². The highest BCUT2D eigenvalue weighted by Gasteiger charge is 2.13. The van der Waals surface area contributed by atoms with E-state index in [1.165, 1.54) is 12.1 Å².